The number of rotatable bonds is 5. The second-order valence-corrected chi connectivity index (χ2v) is 5.12. The third kappa shape index (κ3) is 4.07. The van der Waals surface area contributed by atoms with Crippen LogP contribution in [0.4, 0.5) is 31.9 Å². The average Bonchev–Trinajstić information content (AvgIpc) is 2.64. The lowest BCUT2D eigenvalue weighted by Gasteiger charge is -2.08. The van der Waals surface area contributed by atoms with E-state index in [9.17, 15) is 13.6 Å². The second-order valence-electron chi connectivity index (χ2n) is 5.12. The van der Waals surface area contributed by atoms with Gasteiger partial charge in [0, 0.05) is 17.4 Å². The van der Waals surface area contributed by atoms with Crippen molar-refractivity contribution in [2.24, 2.45) is 0 Å². The molecule has 0 aliphatic rings. The molecule has 1 heterocycles. The molecule has 0 aliphatic heterocycles. The Labute approximate surface area is 147 Å². The zero-order chi connectivity index (χ0) is 18.5. The van der Waals surface area contributed by atoms with Crippen LogP contribution in [0, 0.1) is 11.6 Å². The molecule has 2 N–H and O–H groups in total. The Balaban J connectivity index is 1.77. The molecule has 9 heteroatoms. The molecule has 26 heavy (non-hydrogen) atoms. The first kappa shape index (κ1) is 17.2. The Bertz CT molecular complexity index is 952. The number of ether oxygens (including phenoxy) is 1. The molecular formula is C17H13F2N5O2. The van der Waals surface area contributed by atoms with Crippen LogP contribution >= 0.6 is 0 Å². The molecule has 0 spiro atoms. The third-order valence-electron chi connectivity index (χ3n) is 3.29. The molecule has 0 bridgehead atoms. The van der Waals surface area contributed by atoms with E-state index in [2.05, 4.69) is 30.6 Å². The van der Waals surface area contributed by atoms with E-state index >= 15 is 0 Å². The Morgan fingerprint density at radius 2 is 1.85 bits per heavy atom. The summed E-state index contributed by atoms with van der Waals surface area (Å²) < 4.78 is 30.9. The lowest BCUT2D eigenvalue weighted by molar-refractivity contribution is 0.0601. The molecule has 0 saturated heterocycles. The molecule has 0 atom stereocenters. The number of anilines is 4. The van der Waals surface area contributed by atoms with Gasteiger partial charge >= 0.3 is 5.97 Å². The molecule has 0 fully saturated rings. The van der Waals surface area contributed by atoms with Gasteiger partial charge in [-0.1, -0.05) is 6.07 Å². The number of methoxy groups -OCH3 is 1. The molecule has 0 unspecified atom stereocenters. The van der Waals surface area contributed by atoms with Crippen LogP contribution in [0.15, 0.2) is 48.7 Å². The van der Waals surface area contributed by atoms with Crippen molar-refractivity contribution in [2.75, 3.05) is 17.7 Å². The molecule has 3 rings (SSSR count). The summed E-state index contributed by atoms with van der Waals surface area (Å²) in [5, 5.41) is 13.3. The summed E-state index contributed by atoms with van der Waals surface area (Å²) in [6.07, 6.45) is 1.33. The number of carbonyl (C=O) groups is 1. The maximum atomic E-state index is 13.3. The lowest BCUT2D eigenvalue weighted by Crippen LogP contribution is -2.04. The van der Waals surface area contributed by atoms with Gasteiger partial charge in [-0.05, 0) is 30.3 Å². The van der Waals surface area contributed by atoms with E-state index in [4.69, 9.17) is 0 Å². The van der Waals surface area contributed by atoms with Crippen LogP contribution in [0.5, 0.6) is 0 Å². The molecule has 0 radical (unpaired) electrons. The first-order chi connectivity index (χ1) is 12.5. The van der Waals surface area contributed by atoms with Crippen molar-refractivity contribution in [3.63, 3.8) is 0 Å². The van der Waals surface area contributed by atoms with E-state index in [1.54, 1.807) is 24.3 Å². The SMILES string of the molecule is COC(=O)c1cccc(Nc2nncc(Nc3ccc(F)c(F)c3)n2)c1. The predicted octanol–water partition coefficient (Wildman–Crippen LogP) is 3.42. The maximum absolute atomic E-state index is 13.3. The predicted molar refractivity (Wildman–Crippen MR) is 90.5 cm³/mol. The summed E-state index contributed by atoms with van der Waals surface area (Å²) in [7, 11) is 1.29. The van der Waals surface area contributed by atoms with Gasteiger partial charge in [-0.15, -0.1) is 5.10 Å². The summed E-state index contributed by atoms with van der Waals surface area (Å²) >= 11 is 0. The van der Waals surface area contributed by atoms with E-state index in [1.807, 2.05) is 0 Å². The molecule has 132 valence electrons. The highest BCUT2D eigenvalue weighted by molar-refractivity contribution is 5.90. The number of hydrogen-bond acceptors (Lipinski definition) is 7. The van der Waals surface area contributed by atoms with Gasteiger partial charge in [-0.3, -0.25) is 0 Å². The smallest absolute Gasteiger partial charge is 0.337 e. The first-order valence-electron chi connectivity index (χ1n) is 7.42. The normalized spacial score (nSPS) is 10.3. The Hall–Kier alpha value is -3.62. The van der Waals surface area contributed by atoms with Gasteiger partial charge in [-0.25, -0.2) is 13.6 Å². The Kier molecular flexibility index (Phi) is 4.97. The van der Waals surface area contributed by atoms with Gasteiger partial charge in [0.15, 0.2) is 17.5 Å². The largest absolute Gasteiger partial charge is 0.465 e. The molecule has 0 amide bonds. The van der Waals surface area contributed by atoms with Crippen molar-refractivity contribution in [3.8, 4) is 0 Å². The monoisotopic (exact) mass is 357 g/mol. The summed E-state index contributed by atoms with van der Waals surface area (Å²) in [4.78, 5) is 15.7. The third-order valence-corrected chi connectivity index (χ3v) is 3.29. The van der Waals surface area contributed by atoms with Gasteiger partial charge in [0.2, 0.25) is 5.95 Å². The van der Waals surface area contributed by atoms with Crippen molar-refractivity contribution >= 4 is 29.1 Å². The van der Waals surface area contributed by atoms with Crippen molar-refractivity contribution in [1.82, 2.24) is 15.2 Å². The van der Waals surface area contributed by atoms with E-state index in [0.29, 0.717) is 16.9 Å². The van der Waals surface area contributed by atoms with Gasteiger partial charge in [0.1, 0.15) is 0 Å². The van der Waals surface area contributed by atoms with E-state index in [-0.39, 0.29) is 11.8 Å². The van der Waals surface area contributed by atoms with E-state index in [0.717, 1.165) is 12.1 Å². The number of halogens is 2. The molecule has 0 aliphatic carbocycles. The number of esters is 1. The summed E-state index contributed by atoms with van der Waals surface area (Å²) in [5.41, 5.74) is 1.23. The van der Waals surface area contributed by atoms with Crippen LogP contribution in [0.3, 0.4) is 0 Å². The van der Waals surface area contributed by atoms with Crippen LogP contribution in [-0.4, -0.2) is 28.3 Å². The van der Waals surface area contributed by atoms with Gasteiger partial charge in [-0.2, -0.15) is 10.1 Å². The zero-order valence-electron chi connectivity index (χ0n) is 13.5. The highest BCUT2D eigenvalue weighted by atomic mass is 19.2. The van der Waals surface area contributed by atoms with Gasteiger partial charge < -0.3 is 15.4 Å². The molecule has 1 aromatic heterocycles. The average molecular weight is 357 g/mol. The lowest BCUT2D eigenvalue weighted by atomic mass is 10.2. The molecule has 3 aromatic rings. The second kappa shape index (κ2) is 7.51. The number of aromatic nitrogens is 3. The molecular weight excluding hydrogens is 344 g/mol. The molecule has 2 aromatic carbocycles. The quantitative estimate of drug-likeness (QED) is 0.676. The van der Waals surface area contributed by atoms with Crippen LogP contribution in [0.2, 0.25) is 0 Å². The summed E-state index contributed by atoms with van der Waals surface area (Å²) in [5.74, 6) is -1.96. The number of benzene rings is 2. The summed E-state index contributed by atoms with van der Waals surface area (Å²) in [6.45, 7) is 0. The van der Waals surface area contributed by atoms with Crippen LogP contribution < -0.4 is 10.6 Å². The standard InChI is InChI=1S/C17H13F2N5O2/c1-26-16(25)10-3-2-4-11(7-10)22-17-23-15(9-20-24-17)21-12-5-6-13(18)14(19)8-12/h2-9H,1H3,(H2,21,22,23,24). The number of hydrogen-bond donors (Lipinski definition) is 2. The Morgan fingerprint density at radius 3 is 2.62 bits per heavy atom. The molecule has 0 saturated carbocycles. The maximum Gasteiger partial charge on any atom is 0.337 e. The van der Waals surface area contributed by atoms with E-state index < -0.39 is 17.6 Å². The minimum atomic E-state index is -0.977. The van der Waals surface area contributed by atoms with Crippen molar-refractivity contribution in [2.45, 2.75) is 0 Å². The fourth-order valence-corrected chi connectivity index (χ4v) is 2.11. The highest BCUT2D eigenvalue weighted by Crippen LogP contribution is 2.19. The number of carbonyl (C=O) groups excluding carboxylic acids is 1. The zero-order valence-corrected chi connectivity index (χ0v) is 13.5. The van der Waals surface area contributed by atoms with Crippen LogP contribution in [0.25, 0.3) is 0 Å². The van der Waals surface area contributed by atoms with Crippen molar-refractivity contribution < 1.29 is 18.3 Å². The first-order valence-corrected chi connectivity index (χ1v) is 7.42. The molecule has 7 nitrogen and oxygen atoms in total. The fraction of sp³-hybridized carbons (Fsp3) is 0.0588. The van der Waals surface area contributed by atoms with E-state index in [1.165, 1.54) is 19.4 Å². The van der Waals surface area contributed by atoms with Crippen LogP contribution in [0.1, 0.15) is 10.4 Å². The fourth-order valence-electron chi connectivity index (χ4n) is 2.11. The number of nitrogens with one attached hydrogen (secondary N) is 2. The van der Waals surface area contributed by atoms with Crippen molar-refractivity contribution in [1.29, 1.82) is 0 Å². The van der Waals surface area contributed by atoms with Gasteiger partial charge in [0.05, 0.1) is 18.9 Å². The van der Waals surface area contributed by atoms with Gasteiger partial charge in [0.25, 0.3) is 0 Å². The topological polar surface area (TPSA) is 89.0 Å². The number of nitrogens with zero attached hydrogens (tertiary/aromatic N) is 3. The van der Waals surface area contributed by atoms with Crippen molar-refractivity contribution in [3.05, 3.63) is 65.9 Å². The van der Waals surface area contributed by atoms with Crippen LogP contribution in [-0.2, 0) is 4.74 Å². The highest BCUT2D eigenvalue weighted by Gasteiger charge is 2.08. The minimum Gasteiger partial charge on any atom is -0.465 e. The summed E-state index contributed by atoms with van der Waals surface area (Å²) in [6, 6.07) is 9.94. The Morgan fingerprint density at radius 1 is 1.04 bits per heavy atom. The minimum absolute atomic E-state index is 0.152.